The lowest BCUT2D eigenvalue weighted by molar-refractivity contribution is 0.398. The summed E-state index contributed by atoms with van der Waals surface area (Å²) < 4.78 is 1.82. The quantitative estimate of drug-likeness (QED) is 0.922. The summed E-state index contributed by atoms with van der Waals surface area (Å²) in [5, 5.41) is 9.06. The maximum atomic E-state index is 4.58. The Bertz CT molecular complexity index is 626. The van der Waals surface area contributed by atoms with E-state index in [2.05, 4.69) is 25.3 Å². The van der Waals surface area contributed by atoms with Gasteiger partial charge in [0.2, 0.25) is 0 Å². The van der Waals surface area contributed by atoms with Crippen LogP contribution >= 0.6 is 0 Å². The summed E-state index contributed by atoms with van der Waals surface area (Å²) in [6.45, 7) is 2.20. The topological polar surface area (TPSA) is 58.9 Å². The van der Waals surface area contributed by atoms with E-state index in [4.69, 9.17) is 0 Å². The van der Waals surface area contributed by atoms with E-state index in [0.29, 0.717) is 12.1 Å². The molecule has 4 rings (SSSR count). The molecule has 2 aromatic rings. The zero-order valence-electron chi connectivity index (χ0n) is 12.5. The summed E-state index contributed by atoms with van der Waals surface area (Å²) in [6, 6.07) is 1.23. The van der Waals surface area contributed by atoms with Crippen LogP contribution in [0.15, 0.2) is 12.5 Å². The van der Waals surface area contributed by atoms with E-state index in [1.54, 1.807) is 6.33 Å². The van der Waals surface area contributed by atoms with E-state index in [1.807, 2.05) is 17.9 Å². The maximum absolute atomic E-state index is 4.58. The Morgan fingerprint density at radius 1 is 1.29 bits per heavy atom. The van der Waals surface area contributed by atoms with Gasteiger partial charge in [-0.15, -0.1) is 0 Å². The van der Waals surface area contributed by atoms with Crippen molar-refractivity contribution < 1.29 is 0 Å². The van der Waals surface area contributed by atoms with Gasteiger partial charge in [-0.1, -0.05) is 6.42 Å². The van der Waals surface area contributed by atoms with Crippen LogP contribution in [-0.2, 0) is 7.05 Å². The third kappa shape index (κ3) is 2.48. The van der Waals surface area contributed by atoms with Crippen LogP contribution < -0.4 is 10.2 Å². The van der Waals surface area contributed by atoms with E-state index in [1.165, 1.54) is 32.1 Å². The van der Waals surface area contributed by atoms with Crippen molar-refractivity contribution in [3.05, 3.63) is 12.5 Å². The number of nitrogens with one attached hydrogen (secondary N) is 1. The van der Waals surface area contributed by atoms with Crippen LogP contribution in [0.1, 0.15) is 32.1 Å². The zero-order chi connectivity index (χ0) is 14.2. The first-order chi connectivity index (χ1) is 10.3. The highest BCUT2D eigenvalue weighted by Gasteiger charge is 2.33. The van der Waals surface area contributed by atoms with Crippen LogP contribution in [0, 0.1) is 0 Å². The smallest absolute Gasteiger partial charge is 0.163 e. The van der Waals surface area contributed by atoms with Crippen LogP contribution in [0.4, 0.5) is 5.82 Å². The largest absolute Gasteiger partial charge is 0.351 e. The SMILES string of the molecule is Cn1ncc2c(N(CC3CCCCN3)C3CC3)ncnc21. The lowest BCUT2D eigenvalue weighted by Gasteiger charge is -2.31. The second kappa shape index (κ2) is 5.26. The molecular weight excluding hydrogens is 264 g/mol. The van der Waals surface area contributed by atoms with Gasteiger partial charge in [-0.3, -0.25) is 4.68 Å². The molecule has 1 saturated heterocycles. The van der Waals surface area contributed by atoms with Crippen molar-refractivity contribution >= 4 is 16.9 Å². The molecule has 1 atom stereocenters. The van der Waals surface area contributed by atoms with Gasteiger partial charge in [0.15, 0.2) is 5.65 Å². The molecule has 0 radical (unpaired) electrons. The predicted molar refractivity (Wildman–Crippen MR) is 82.3 cm³/mol. The summed E-state index contributed by atoms with van der Waals surface area (Å²) >= 11 is 0. The Kier molecular flexibility index (Phi) is 3.25. The molecular formula is C15H22N6. The molecule has 2 aliphatic rings. The molecule has 6 nitrogen and oxygen atoms in total. The maximum Gasteiger partial charge on any atom is 0.163 e. The first-order valence-electron chi connectivity index (χ1n) is 7.95. The van der Waals surface area contributed by atoms with Crippen molar-refractivity contribution in [3.63, 3.8) is 0 Å². The number of aryl methyl sites for hydroxylation is 1. The Labute approximate surface area is 124 Å². The van der Waals surface area contributed by atoms with Crippen molar-refractivity contribution in [3.8, 4) is 0 Å². The third-order valence-corrected chi connectivity index (χ3v) is 4.60. The minimum Gasteiger partial charge on any atom is -0.351 e. The average Bonchev–Trinajstić information content (AvgIpc) is 3.30. The number of hydrogen-bond donors (Lipinski definition) is 1. The first-order valence-corrected chi connectivity index (χ1v) is 7.95. The van der Waals surface area contributed by atoms with E-state index < -0.39 is 0 Å². The van der Waals surface area contributed by atoms with Crippen molar-refractivity contribution in [1.29, 1.82) is 0 Å². The summed E-state index contributed by atoms with van der Waals surface area (Å²) in [5.74, 6) is 1.06. The van der Waals surface area contributed by atoms with Crippen molar-refractivity contribution in [2.24, 2.45) is 7.05 Å². The molecule has 21 heavy (non-hydrogen) atoms. The monoisotopic (exact) mass is 286 g/mol. The van der Waals surface area contributed by atoms with Gasteiger partial charge in [-0.2, -0.15) is 5.10 Å². The molecule has 1 aliphatic heterocycles. The van der Waals surface area contributed by atoms with Gasteiger partial charge >= 0.3 is 0 Å². The standard InChI is InChI=1S/C15H22N6/c1-20-14-13(8-19-20)15(18-10-17-14)21(12-5-6-12)9-11-4-2-3-7-16-11/h8,10-12,16H,2-7,9H2,1H3. The highest BCUT2D eigenvalue weighted by Crippen LogP contribution is 2.34. The molecule has 0 spiro atoms. The minimum absolute atomic E-state index is 0.584. The van der Waals surface area contributed by atoms with Crippen LogP contribution in [0.5, 0.6) is 0 Å². The van der Waals surface area contributed by atoms with E-state index in [0.717, 1.165) is 29.9 Å². The summed E-state index contributed by atoms with van der Waals surface area (Å²) in [4.78, 5) is 11.4. The molecule has 1 aliphatic carbocycles. The summed E-state index contributed by atoms with van der Waals surface area (Å²) in [5.41, 5.74) is 0.919. The molecule has 1 unspecified atom stereocenters. The van der Waals surface area contributed by atoms with Gasteiger partial charge in [0.1, 0.15) is 12.1 Å². The second-order valence-corrected chi connectivity index (χ2v) is 6.23. The normalized spacial score (nSPS) is 22.6. The fourth-order valence-corrected chi connectivity index (χ4v) is 3.29. The lowest BCUT2D eigenvalue weighted by Crippen LogP contribution is -2.44. The fraction of sp³-hybridized carbons (Fsp3) is 0.667. The number of fused-ring (bicyclic) bond motifs is 1. The summed E-state index contributed by atoms with van der Waals surface area (Å²) in [6.07, 6.45) is 10.0. The number of anilines is 1. The lowest BCUT2D eigenvalue weighted by atomic mass is 10.0. The number of piperidine rings is 1. The van der Waals surface area contributed by atoms with Gasteiger partial charge in [-0.05, 0) is 32.2 Å². The van der Waals surface area contributed by atoms with Crippen LogP contribution in [0.3, 0.4) is 0 Å². The zero-order valence-corrected chi connectivity index (χ0v) is 12.5. The Hall–Kier alpha value is -1.69. The molecule has 1 N–H and O–H groups in total. The third-order valence-electron chi connectivity index (χ3n) is 4.60. The molecule has 2 fully saturated rings. The predicted octanol–water partition coefficient (Wildman–Crippen LogP) is 1.47. The molecule has 2 aromatic heterocycles. The number of rotatable bonds is 4. The molecule has 112 valence electrons. The van der Waals surface area contributed by atoms with Crippen molar-refractivity contribution in [1.82, 2.24) is 25.1 Å². The van der Waals surface area contributed by atoms with E-state index >= 15 is 0 Å². The Morgan fingerprint density at radius 3 is 2.95 bits per heavy atom. The molecule has 6 heteroatoms. The van der Waals surface area contributed by atoms with Crippen molar-refractivity contribution in [2.75, 3.05) is 18.0 Å². The first kappa shape index (κ1) is 13.0. The molecule has 1 saturated carbocycles. The van der Waals surface area contributed by atoms with Crippen LogP contribution in [-0.4, -0.2) is 44.9 Å². The fourth-order valence-electron chi connectivity index (χ4n) is 3.29. The van der Waals surface area contributed by atoms with Crippen molar-refractivity contribution in [2.45, 2.75) is 44.2 Å². The number of aromatic nitrogens is 4. The van der Waals surface area contributed by atoms with Gasteiger partial charge in [0.25, 0.3) is 0 Å². The van der Waals surface area contributed by atoms with Gasteiger partial charge in [-0.25, -0.2) is 9.97 Å². The summed E-state index contributed by atoms with van der Waals surface area (Å²) in [7, 11) is 1.93. The van der Waals surface area contributed by atoms with E-state index in [-0.39, 0.29) is 0 Å². The average molecular weight is 286 g/mol. The van der Waals surface area contributed by atoms with Gasteiger partial charge in [0.05, 0.1) is 11.6 Å². The van der Waals surface area contributed by atoms with E-state index in [9.17, 15) is 0 Å². The van der Waals surface area contributed by atoms with Gasteiger partial charge < -0.3 is 10.2 Å². The Balaban J connectivity index is 1.65. The van der Waals surface area contributed by atoms with Crippen LogP contribution in [0.25, 0.3) is 11.0 Å². The highest BCUT2D eigenvalue weighted by atomic mass is 15.3. The highest BCUT2D eigenvalue weighted by molar-refractivity contribution is 5.86. The molecule has 3 heterocycles. The Morgan fingerprint density at radius 2 is 2.19 bits per heavy atom. The number of hydrogen-bond acceptors (Lipinski definition) is 5. The van der Waals surface area contributed by atoms with Crippen LogP contribution in [0.2, 0.25) is 0 Å². The number of nitrogens with zero attached hydrogens (tertiary/aromatic N) is 5. The second-order valence-electron chi connectivity index (χ2n) is 6.23. The molecule has 0 bridgehead atoms. The molecule has 0 amide bonds. The van der Waals surface area contributed by atoms with Gasteiger partial charge in [0, 0.05) is 25.7 Å². The minimum atomic E-state index is 0.584. The molecule has 0 aromatic carbocycles.